The van der Waals surface area contributed by atoms with Crippen LogP contribution in [0.15, 0.2) is 48.5 Å². The molecule has 0 saturated carbocycles. The van der Waals surface area contributed by atoms with Crippen molar-refractivity contribution < 1.29 is 46.9 Å². The number of amides is 2. The Morgan fingerprint density at radius 1 is 1.00 bits per heavy atom. The first-order chi connectivity index (χ1) is 19.2. The summed E-state index contributed by atoms with van der Waals surface area (Å²) in [6.45, 7) is 6.06. The van der Waals surface area contributed by atoms with E-state index in [1.165, 1.54) is 12.0 Å². The van der Waals surface area contributed by atoms with Crippen LogP contribution in [0.5, 0.6) is 5.75 Å². The van der Waals surface area contributed by atoms with Gasteiger partial charge in [-0.05, 0) is 48.1 Å². The largest absolute Gasteiger partial charge is 0.497 e. The van der Waals surface area contributed by atoms with E-state index in [-0.39, 0.29) is 24.3 Å². The SMILES string of the molecule is CCN1C(=O)C2C(c3ccc(-c4ccc(OC)cc4)cc3)N[C@@](CC(C)C)(C(=O)OC)C2C1=O.O=C(O)C(F)(F)F. The number of carbonyl (C=O) groups is 4. The summed E-state index contributed by atoms with van der Waals surface area (Å²) in [6, 6.07) is 15.2. The van der Waals surface area contributed by atoms with Crippen LogP contribution in [0.4, 0.5) is 13.2 Å². The van der Waals surface area contributed by atoms with E-state index in [1.807, 2.05) is 62.4 Å². The number of imide groups is 1. The molecule has 12 heteroatoms. The maximum Gasteiger partial charge on any atom is 0.490 e. The maximum absolute atomic E-state index is 13.4. The third kappa shape index (κ3) is 6.22. The molecule has 0 aromatic heterocycles. The van der Waals surface area contributed by atoms with E-state index in [9.17, 15) is 27.6 Å². The number of carboxylic acid groups (broad SMARTS) is 1. The molecule has 2 aliphatic heterocycles. The van der Waals surface area contributed by atoms with Gasteiger partial charge in [-0.2, -0.15) is 13.2 Å². The van der Waals surface area contributed by atoms with Crippen LogP contribution in [0.3, 0.4) is 0 Å². The van der Waals surface area contributed by atoms with Gasteiger partial charge < -0.3 is 14.6 Å². The predicted molar refractivity (Wildman–Crippen MR) is 142 cm³/mol. The fourth-order valence-corrected chi connectivity index (χ4v) is 5.61. The number of benzene rings is 2. The first-order valence-electron chi connectivity index (χ1n) is 13.0. The fourth-order valence-electron chi connectivity index (χ4n) is 5.61. The quantitative estimate of drug-likeness (QED) is 0.370. The molecule has 3 unspecified atom stereocenters. The predicted octanol–water partition coefficient (Wildman–Crippen LogP) is 4.22. The van der Waals surface area contributed by atoms with Gasteiger partial charge in [0.05, 0.1) is 26.1 Å². The number of carboxylic acids is 1. The molecule has 4 atom stereocenters. The Bertz CT molecular complexity index is 1280. The number of fused-ring (bicyclic) bond motifs is 1. The molecule has 2 aromatic carbocycles. The van der Waals surface area contributed by atoms with Crippen LogP contribution in [0.25, 0.3) is 11.1 Å². The van der Waals surface area contributed by atoms with Crippen LogP contribution in [0.1, 0.15) is 38.8 Å². The van der Waals surface area contributed by atoms with Crippen molar-refractivity contribution in [1.29, 1.82) is 0 Å². The minimum absolute atomic E-state index is 0.113. The number of nitrogens with zero attached hydrogens (tertiary/aromatic N) is 1. The third-order valence-electron chi connectivity index (χ3n) is 7.28. The van der Waals surface area contributed by atoms with E-state index in [0.717, 1.165) is 22.4 Å². The van der Waals surface area contributed by atoms with Crippen molar-refractivity contribution >= 4 is 23.8 Å². The average molecular weight is 579 g/mol. The van der Waals surface area contributed by atoms with E-state index >= 15 is 0 Å². The van der Waals surface area contributed by atoms with E-state index in [0.29, 0.717) is 6.42 Å². The summed E-state index contributed by atoms with van der Waals surface area (Å²) >= 11 is 0. The molecule has 9 nitrogen and oxygen atoms in total. The van der Waals surface area contributed by atoms with Crippen molar-refractivity contribution in [2.45, 2.75) is 44.9 Å². The Kier molecular flexibility index (Phi) is 9.47. The topological polar surface area (TPSA) is 122 Å². The highest BCUT2D eigenvalue weighted by Gasteiger charge is 2.68. The lowest BCUT2D eigenvalue weighted by molar-refractivity contribution is -0.192. The standard InChI is InChI=1S/C27H32N2O5.C2HF3O2/c1-6-29-24(30)21-22(25(29)31)27(15-16(2)3,26(32)34-5)28-23(21)19-9-7-17(8-10-19)18-11-13-20(33-4)14-12-18;3-2(4,5)1(6)7/h7-14,16,21-23,28H,6,15H2,1-5H3;(H,6,7)/t21?,22?,23?,27-;/m1./s1. The number of hydrogen-bond acceptors (Lipinski definition) is 7. The van der Waals surface area contributed by atoms with Crippen LogP contribution < -0.4 is 10.1 Å². The molecule has 2 N–H and O–H groups in total. The lowest BCUT2D eigenvalue weighted by Crippen LogP contribution is -2.57. The van der Waals surface area contributed by atoms with Crippen molar-refractivity contribution in [3.05, 3.63) is 54.1 Å². The second-order valence-corrected chi connectivity index (χ2v) is 10.3. The number of aliphatic carboxylic acids is 1. The number of esters is 1. The summed E-state index contributed by atoms with van der Waals surface area (Å²) < 4.78 is 42.2. The van der Waals surface area contributed by atoms with Crippen LogP contribution in [0.2, 0.25) is 0 Å². The number of nitrogens with one attached hydrogen (secondary N) is 1. The molecule has 0 radical (unpaired) electrons. The number of hydrogen-bond donors (Lipinski definition) is 2. The summed E-state index contributed by atoms with van der Waals surface area (Å²) in [5.74, 6) is -4.33. The molecule has 2 heterocycles. The van der Waals surface area contributed by atoms with Gasteiger partial charge in [0.1, 0.15) is 11.3 Å². The molecule has 2 fully saturated rings. The third-order valence-corrected chi connectivity index (χ3v) is 7.28. The number of likely N-dealkylation sites (tertiary alicyclic amines) is 1. The zero-order chi connectivity index (χ0) is 30.7. The summed E-state index contributed by atoms with van der Waals surface area (Å²) in [5.41, 5.74) is 1.67. The number of carbonyl (C=O) groups excluding carboxylic acids is 3. The summed E-state index contributed by atoms with van der Waals surface area (Å²) in [4.78, 5) is 50.0. The Morgan fingerprint density at radius 2 is 1.51 bits per heavy atom. The lowest BCUT2D eigenvalue weighted by atomic mass is 9.75. The zero-order valence-electron chi connectivity index (χ0n) is 23.3. The zero-order valence-corrected chi connectivity index (χ0v) is 23.3. The lowest BCUT2D eigenvalue weighted by Gasteiger charge is -2.33. The highest BCUT2D eigenvalue weighted by Crippen LogP contribution is 2.51. The first-order valence-corrected chi connectivity index (χ1v) is 13.0. The number of methoxy groups -OCH3 is 2. The van der Waals surface area contributed by atoms with Crippen LogP contribution in [0, 0.1) is 17.8 Å². The van der Waals surface area contributed by atoms with Gasteiger partial charge in [-0.15, -0.1) is 0 Å². The van der Waals surface area contributed by atoms with E-state index in [1.54, 1.807) is 14.0 Å². The molecule has 222 valence electrons. The monoisotopic (exact) mass is 578 g/mol. The fraction of sp³-hybridized carbons (Fsp3) is 0.448. The van der Waals surface area contributed by atoms with Gasteiger partial charge in [0.15, 0.2) is 0 Å². The minimum Gasteiger partial charge on any atom is -0.497 e. The molecule has 0 bridgehead atoms. The van der Waals surface area contributed by atoms with Gasteiger partial charge in [-0.1, -0.05) is 50.2 Å². The number of rotatable bonds is 7. The number of alkyl halides is 3. The molecule has 2 saturated heterocycles. The van der Waals surface area contributed by atoms with Gasteiger partial charge >= 0.3 is 18.1 Å². The van der Waals surface area contributed by atoms with E-state index in [4.69, 9.17) is 19.4 Å². The molecular weight excluding hydrogens is 545 g/mol. The molecule has 4 rings (SSSR count). The summed E-state index contributed by atoms with van der Waals surface area (Å²) in [5, 5.41) is 10.6. The Hall–Kier alpha value is -3.93. The van der Waals surface area contributed by atoms with Gasteiger partial charge in [0.2, 0.25) is 11.8 Å². The highest BCUT2D eigenvalue weighted by atomic mass is 19.4. The van der Waals surface area contributed by atoms with Crippen molar-refractivity contribution in [3.63, 3.8) is 0 Å². The van der Waals surface area contributed by atoms with E-state index in [2.05, 4.69) is 5.32 Å². The number of ether oxygens (including phenoxy) is 2. The van der Waals surface area contributed by atoms with Gasteiger partial charge in [0, 0.05) is 12.6 Å². The molecule has 0 aliphatic carbocycles. The highest BCUT2D eigenvalue weighted by molar-refractivity contribution is 6.09. The van der Waals surface area contributed by atoms with Gasteiger partial charge in [-0.3, -0.25) is 24.6 Å². The Labute approximate surface area is 235 Å². The Morgan fingerprint density at radius 3 is 1.93 bits per heavy atom. The molecule has 41 heavy (non-hydrogen) atoms. The molecular formula is C29H33F3N2O7. The smallest absolute Gasteiger partial charge is 0.490 e. The molecule has 2 amide bonds. The van der Waals surface area contributed by atoms with Crippen molar-refractivity contribution in [2.24, 2.45) is 17.8 Å². The number of halogens is 3. The summed E-state index contributed by atoms with van der Waals surface area (Å²) in [6.07, 6.45) is -4.68. The second-order valence-electron chi connectivity index (χ2n) is 10.3. The minimum atomic E-state index is -5.08. The molecule has 0 spiro atoms. The van der Waals surface area contributed by atoms with Crippen LogP contribution >= 0.6 is 0 Å². The second kappa shape index (κ2) is 12.3. The molecule has 2 aromatic rings. The average Bonchev–Trinajstić information content (AvgIpc) is 3.40. The van der Waals surface area contributed by atoms with E-state index < -0.39 is 41.5 Å². The van der Waals surface area contributed by atoms with Gasteiger partial charge in [0.25, 0.3) is 0 Å². The van der Waals surface area contributed by atoms with Crippen molar-refractivity contribution in [3.8, 4) is 16.9 Å². The molecule has 2 aliphatic rings. The van der Waals surface area contributed by atoms with Crippen molar-refractivity contribution in [2.75, 3.05) is 20.8 Å². The van der Waals surface area contributed by atoms with Crippen LogP contribution in [-0.2, 0) is 23.9 Å². The first kappa shape index (κ1) is 31.6. The van der Waals surface area contributed by atoms with Gasteiger partial charge in [-0.25, -0.2) is 4.79 Å². The van der Waals surface area contributed by atoms with Crippen LogP contribution in [-0.4, -0.2) is 66.2 Å². The summed E-state index contributed by atoms with van der Waals surface area (Å²) in [7, 11) is 2.96. The van der Waals surface area contributed by atoms with Crippen molar-refractivity contribution in [1.82, 2.24) is 10.2 Å². The Balaban J connectivity index is 0.000000587. The normalized spacial score (nSPS) is 23.6. The maximum atomic E-state index is 13.4.